The van der Waals surface area contributed by atoms with Crippen LogP contribution in [0.5, 0.6) is 0 Å². The van der Waals surface area contributed by atoms with Crippen LogP contribution in [-0.4, -0.2) is 67.1 Å². The average Bonchev–Trinajstić information content (AvgIpc) is 3.26. The number of halogens is 1. The summed E-state index contributed by atoms with van der Waals surface area (Å²) in [6, 6.07) is 12.7. The Morgan fingerprint density at radius 3 is 2.53 bits per heavy atom. The largest absolute Gasteiger partial charge is 0.338 e. The smallest absolute Gasteiger partial charge is 0.249 e. The predicted molar refractivity (Wildman–Crippen MR) is 114 cm³/mol. The third-order valence-electron chi connectivity index (χ3n) is 5.28. The molecule has 0 bridgehead atoms. The summed E-state index contributed by atoms with van der Waals surface area (Å²) in [5.74, 6) is 0.521. The first-order valence-electron chi connectivity index (χ1n) is 10.1. The van der Waals surface area contributed by atoms with Gasteiger partial charge in [-0.2, -0.15) is 4.80 Å². The molecule has 3 aromatic rings. The van der Waals surface area contributed by atoms with Crippen molar-refractivity contribution in [2.75, 3.05) is 26.2 Å². The molecule has 30 heavy (non-hydrogen) atoms. The third kappa shape index (κ3) is 4.66. The van der Waals surface area contributed by atoms with Crippen molar-refractivity contribution >= 4 is 17.5 Å². The number of carbonyl (C=O) groups excluding carboxylic acids is 1. The molecule has 0 saturated carbocycles. The highest BCUT2D eigenvalue weighted by atomic mass is 35.5. The highest BCUT2D eigenvalue weighted by molar-refractivity contribution is 6.30. The van der Waals surface area contributed by atoms with Crippen molar-refractivity contribution in [3.63, 3.8) is 0 Å². The van der Waals surface area contributed by atoms with Crippen LogP contribution in [0, 0.1) is 0 Å². The molecule has 4 rings (SSSR count). The molecular formula is C21H24ClN7O. The molecule has 1 aliphatic rings. The van der Waals surface area contributed by atoms with Crippen LogP contribution in [0.2, 0.25) is 5.02 Å². The van der Waals surface area contributed by atoms with Gasteiger partial charge in [0.15, 0.2) is 6.04 Å². The molecule has 1 unspecified atom stereocenters. The molecule has 156 valence electrons. The monoisotopic (exact) mass is 425 g/mol. The van der Waals surface area contributed by atoms with Gasteiger partial charge in [0.05, 0.1) is 5.69 Å². The zero-order valence-electron chi connectivity index (χ0n) is 16.9. The highest BCUT2D eigenvalue weighted by Gasteiger charge is 2.29. The maximum Gasteiger partial charge on any atom is 0.249 e. The van der Waals surface area contributed by atoms with Crippen LogP contribution < -0.4 is 0 Å². The molecule has 9 heteroatoms. The fraction of sp³-hybridized carbons (Fsp3) is 0.381. The number of nitrogens with zero attached hydrogens (tertiary/aromatic N) is 7. The second-order valence-corrected chi connectivity index (χ2v) is 7.72. The van der Waals surface area contributed by atoms with E-state index in [0.717, 1.165) is 30.9 Å². The lowest BCUT2D eigenvalue weighted by molar-refractivity contribution is -0.137. The molecule has 0 radical (unpaired) electrons. The number of pyridine rings is 1. The fourth-order valence-corrected chi connectivity index (χ4v) is 3.69. The minimum Gasteiger partial charge on any atom is -0.338 e. The first kappa shape index (κ1) is 20.4. The van der Waals surface area contributed by atoms with Gasteiger partial charge in [0.2, 0.25) is 11.7 Å². The normalized spacial score (nSPS) is 15.9. The van der Waals surface area contributed by atoms with Gasteiger partial charge >= 0.3 is 0 Å². The van der Waals surface area contributed by atoms with Gasteiger partial charge in [-0.15, -0.1) is 10.2 Å². The number of carbonyl (C=O) groups is 1. The Kier molecular flexibility index (Phi) is 6.35. The summed E-state index contributed by atoms with van der Waals surface area (Å²) in [4.78, 5) is 23.2. The fourth-order valence-electron chi connectivity index (χ4n) is 3.57. The minimum absolute atomic E-state index is 0.0371. The lowest BCUT2D eigenvalue weighted by Crippen LogP contribution is -2.50. The first-order chi connectivity index (χ1) is 14.6. The molecule has 0 spiro atoms. The van der Waals surface area contributed by atoms with Gasteiger partial charge in [-0.1, -0.05) is 24.6 Å². The van der Waals surface area contributed by atoms with E-state index in [-0.39, 0.29) is 5.91 Å². The lowest BCUT2D eigenvalue weighted by Gasteiger charge is -2.35. The number of piperazine rings is 1. The Morgan fingerprint density at radius 1 is 1.10 bits per heavy atom. The standard InChI is InChI=1S/C21H24ClN7O/c1-2-19(29-25-20(24-26-29)16-6-8-17(22)9-7-16)21(30)28-13-11-27(12-14-28)15-18-5-3-4-10-23-18/h3-10,19H,2,11-15H2,1H3. The Bertz CT molecular complexity index is 969. The van der Waals surface area contributed by atoms with E-state index in [9.17, 15) is 4.79 Å². The molecular weight excluding hydrogens is 402 g/mol. The SMILES string of the molecule is CCC(C(=O)N1CCN(Cc2ccccn2)CC1)n1nnc(-c2ccc(Cl)cc2)n1. The molecule has 0 aliphatic carbocycles. The Hall–Kier alpha value is -2.84. The maximum atomic E-state index is 13.1. The van der Waals surface area contributed by atoms with Crippen molar-refractivity contribution < 1.29 is 4.79 Å². The zero-order valence-corrected chi connectivity index (χ0v) is 17.6. The second-order valence-electron chi connectivity index (χ2n) is 7.29. The first-order valence-corrected chi connectivity index (χ1v) is 10.5. The van der Waals surface area contributed by atoms with Crippen molar-refractivity contribution in [2.45, 2.75) is 25.9 Å². The van der Waals surface area contributed by atoms with Gasteiger partial charge in [0.25, 0.3) is 0 Å². The number of hydrogen-bond donors (Lipinski definition) is 0. The summed E-state index contributed by atoms with van der Waals surface area (Å²) in [5, 5.41) is 13.4. The van der Waals surface area contributed by atoms with E-state index in [0.29, 0.717) is 30.4 Å². The Balaban J connectivity index is 1.38. The molecule has 8 nitrogen and oxygen atoms in total. The molecule has 1 saturated heterocycles. The van der Waals surface area contributed by atoms with Crippen LogP contribution in [0.15, 0.2) is 48.7 Å². The van der Waals surface area contributed by atoms with Crippen LogP contribution in [-0.2, 0) is 11.3 Å². The number of tetrazole rings is 1. The summed E-state index contributed by atoms with van der Waals surface area (Å²) in [6.45, 7) is 5.77. The van der Waals surface area contributed by atoms with Gasteiger partial charge in [-0.3, -0.25) is 14.7 Å². The lowest BCUT2D eigenvalue weighted by atomic mass is 10.2. The van der Waals surface area contributed by atoms with Crippen molar-refractivity contribution in [3.8, 4) is 11.4 Å². The van der Waals surface area contributed by atoms with E-state index in [1.165, 1.54) is 4.80 Å². The van der Waals surface area contributed by atoms with E-state index in [1.807, 2.05) is 48.4 Å². The minimum atomic E-state index is -0.458. The number of hydrogen-bond acceptors (Lipinski definition) is 6. The third-order valence-corrected chi connectivity index (χ3v) is 5.53. The molecule has 0 N–H and O–H groups in total. The van der Waals surface area contributed by atoms with E-state index in [2.05, 4.69) is 25.3 Å². The molecule has 1 aromatic carbocycles. The molecule has 1 amide bonds. The molecule has 1 fully saturated rings. The van der Waals surface area contributed by atoms with Crippen LogP contribution in [0.3, 0.4) is 0 Å². The summed E-state index contributed by atoms with van der Waals surface area (Å²) in [5.41, 5.74) is 1.86. The summed E-state index contributed by atoms with van der Waals surface area (Å²) < 4.78 is 0. The predicted octanol–water partition coefficient (Wildman–Crippen LogP) is 2.68. The quantitative estimate of drug-likeness (QED) is 0.604. The Morgan fingerprint density at radius 2 is 1.87 bits per heavy atom. The molecule has 3 heterocycles. The maximum absolute atomic E-state index is 13.1. The Labute approximate surface area is 180 Å². The van der Waals surface area contributed by atoms with Crippen LogP contribution in [0.4, 0.5) is 0 Å². The topological polar surface area (TPSA) is 80.0 Å². The highest BCUT2D eigenvalue weighted by Crippen LogP contribution is 2.20. The van der Waals surface area contributed by atoms with Crippen molar-refractivity contribution in [1.29, 1.82) is 0 Å². The van der Waals surface area contributed by atoms with Crippen molar-refractivity contribution in [2.24, 2.45) is 0 Å². The summed E-state index contributed by atoms with van der Waals surface area (Å²) >= 11 is 5.94. The average molecular weight is 426 g/mol. The van der Waals surface area contributed by atoms with E-state index < -0.39 is 6.04 Å². The van der Waals surface area contributed by atoms with Crippen molar-refractivity contribution in [3.05, 3.63) is 59.4 Å². The number of amides is 1. The number of benzene rings is 1. The van der Waals surface area contributed by atoms with E-state index >= 15 is 0 Å². The van der Waals surface area contributed by atoms with Gasteiger partial charge in [0, 0.05) is 49.5 Å². The molecule has 1 atom stereocenters. The summed E-state index contributed by atoms with van der Waals surface area (Å²) in [7, 11) is 0. The number of rotatable bonds is 6. The van der Waals surface area contributed by atoms with Crippen LogP contribution in [0.25, 0.3) is 11.4 Å². The van der Waals surface area contributed by atoms with Crippen molar-refractivity contribution in [1.82, 2.24) is 35.0 Å². The van der Waals surface area contributed by atoms with Crippen LogP contribution >= 0.6 is 11.6 Å². The van der Waals surface area contributed by atoms with Gasteiger partial charge < -0.3 is 4.90 Å². The number of aromatic nitrogens is 5. The van der Waals surface area contributed by atoms with Gasteiger partial charge in [0.1, 0.15) is 0 Å². The van der Waals surface area contributed by atoms with Gasteiger partial charge in [-0.25, -0.2) is 0 Å². The summed E-state index contributed by atoms with van der Waals surface area (Å²) in [6.07, 6.45) is 2.41. The second kappa shape index (κ2) is 9.32. The van der Waals surface area contributed by atoms with Gasteiger partial charge in [-0.05, 0) is 48.0 Å². The van der Waals surface area contributed by atoms with E-state index in [1.54, 1.807) is 12.1 Å². The molecule has 2 aromatic heterocycles. The molecule has 1 aliphatic heterocycles. The zero-order chi connectivity index (χ0) is 20.9. The van der Waals surface area contributed by atoms with E-state index in [4.69, 9.17) is 11.6 Å². The van der Waals surface area contributed by atoms with Crippen LogP contribution in [0.1, 0.15) is 25.1 Å².